The summed E-state index contributed by atoms with van der Waals surface area (Å²) in [5, 5.41) is 0. The van der Waals surface area contributed by atoms with Crippen LogP contribution in [0.25, 0.3) is 0 Å². The highest BCUT2D eigenvalue weighted by molar-refractivity contribution is 5.04. The Morgan fingerprint density at radius 2 is 2.00 bits per heavy atom. The molecule has 0 atom stereocenters. The second-order valence-corrected chi connectivity index (χ2v) is 2.75. The molecule has 1 heterocycles. The van der Waals surface area contributed by atoms with Gasteiger partial charge in [0.2, 0.25) is 0 Å². The lowest BCUT2D eigenvalue weighted by molar-refractivity contribution is 0.776. The first-order valence-electron chi connectivity index (χ1n) is 4.36. The van der Waals surface area contributed by atoms with Gasteiger partial charge in [-0.3, -0.25) is 0 Å². The molecule has 1 aromatic heterocycles. The third-order valence-corrected chi connectivity index (χ3v) is 1.77. The zero-order valence-electron chi connectivity index (χ0n) is 7.45. The van der Waals surface area contributed by atoms with Gasteiger partial charge in [-0.25, -0.2) is 9.97 Å². The largest absolute Gasteiger partial charge is 0.330 e. The van der Waals surface area contributed by atoms with Crippen molar-refractivity contribution in [2.75, 3.05) is 6.54 Å². The summed E-state index contributed by atoms with van der Waals surface area (Å²) in [5.74, 6) is 0.901. The maximum Gasteiger partial charge on any atom is 0.128 e. The summed E-state index contributed by atoms with van der Waals surface area (Å²) in [6.45, 7) is 2.80. The van der Waals surface area contributed by atoms with Gasteiger partial charge in [-0.1, -0.05) is 6.92 Å². The highest BCUT2D eigenvalue weighted by Crippen LogP contribution is 1.98. The normalized spacial score (nSPS) is 10.2. The molecule has 66 valence electrons. The molecule has 0 aromatic carbocycles. The predicted octanol–water partition coefficient (Wildman–Crippen LogP) is 0.930. The minimum atomic E-state index is 0.707. The van der Waals surface area contributed by atoms with Gasteiger partial charge in [-0.05, 0) is 24.9 Å². The lowest BCUT2D eigenvalue weighted by Gasteiger charge is -1.98. The van der Waals surface area contributed by atoms with E-state index in [9.17, 15) is 0 Å². The van der Waals surface area contributed by atoms with Crippen molar-refractivity contribution in [1.29, 1.82) is 0 Å². The van der Waals surface area contributed by atoms with E-state index in [1.807, 2.05) is 12.4 Å². The molecule has 0 unspecified atom stereocenters. The summed E-state index contributed by atoms with van der Waals surface area (Å²) in [7, 11) is 0. The molecule has 1 rings (SSSR count). The van der Waals surface area contributed by atoms with Crippen LogP contribution < -0.4 is 5.73 Å². The second-order valence-electron chi connectivity index (χ2n) is 2.75. The number of nitrogens with two attached hydrogens (primary N) is 1. The molecule has 2 N–H and O–H groups in total. The Kier molecular flexibility index (Phi) is 3.67. The van der Waals surface area contributed by atoms with Crippen molar-refractivity contribution >= 4 is 0 Å². The number of hydrogen-bond acceptors (Lipinski definition) is 3. The van der Waals surface area contributed by atoms with E-state index in [2.05, 4.69) is 16.9 Å². The van der Waals surface area contributed by atoms with Crippen molar-refractivity contribution in [3.8, 4) is 0 Å². The van der Waals surface area contributed by atoms with Gasteiger partial charge in [0.25, 0.3) is 0 Å². The van der Waals surface area contributed by atoms with Gasteiger partial charge in [0.15, 0.2) is 0 Å². The van der Waals surface area contributed by atoms with E-state index in [4.69, 9.17) is 5.73 Å². The Morgan fingerprint density at radius 1 is 1.33 bits per heavy atom. The smallest absolute Gasteiger partial charge is 0.128 e. The Labute approximate surface area is 73.0 Å². The van der Waals surface area contributed by atoms with Crippen molar-refractivity contribution in [3.63, 3.8) is 0 Å². The van der Waals surface area contributed by atoms with Gasteiger partial charge < -0.3 is 5.73 Å². The highest BCUT2D eigenvalue weighted by atomic mass is 14.9. The van der Waals surface area contributed by atoms with Crippen molar-refractivity contribution < 1.29 is 0 Å². The molecule has 0 fully saturated rings. The van der Waals surface area contributed by atoms with E-state index in [-0.39, 0.29) is 0 Å². The van der Waals surface area contributed by atoms with Gasteiger partial charge >= 0.3 is 0 Å². The molecule has 0 saturated carbocycles. The van der Waals surface area contributed by atoms with Crippen LogP contribution in [0, 0.1) is 0 Å². The lowest BCUT2D eigenvalue weighted by Crippen LogP contribution is -2.03. The van der Waals surface area contributed by atoms with Crippen LogP contribution in [-0.2, 0) is 12.8 Å². The Hall–Kier alpha value is -0.960. The Bertz CT molecular complexity index is 218. The van der Waals surface area contributed by atoms with Gasteiger partial charge in [0.05, 0.1) is 0 Å². The average molecular weight is 165 g/mol. The first kappa shape index (κ1) is 9.13. The van der Waals surface area contributed by atoms with E-state index < -0.39 is 0 Å². The van der Waals surface area contributed by atoms with E-state index in [0.717, 1.165) is 25.1 Å². The minimum Gasteiger partial charge on any atom is -0.330 e. The monoisotopic (exact) mass is 165 g/mol. The molecule has 1 aromatic rings. The molecular formula is C9H15N3. The van der Waals surface area contributed by atoms with Crippen LogP contribution in [0.15, 0.2) is 12.4 Å². The van der Waals surface area contributed by atoms with Crippen LogP contribution in [0.2, 0.25) is 0 Å². The van der Waals surface area contributed by atoms with Crippen molar-refractivity contribution in [3.05, 3.63) is 23.8 Å². The van der Waals surface area contributed by atoms with Gasteiger partial charge in [0, 0.05) is 18.8 Å². The second kappa shape index (κ2) is 4.83. The Balaban J connectivity index is 2.53. The highest BCUT2D eigenvalue weighted by Gasteiger charge is 1.95. The molecule has 0 aliphatic carbocycles. The maximum atomic E-state index is 5.38. The molecule has 0 aliphatic heterocycles. The quantitative estimate of drug-likeness (QED) is 0.722. The molecule has 0 radical (unpaired) electrons. The topological polar surface area (TPSA) is 51.8 Å². The van der Waals surface area contributed by atoms with Gasteiger partial charge in [-0.15, -0.1) is 0 Å². The number of rotatable bonds is 4. The number of aromatic nitrogens is 2. The molecule has 3 heteroatoms. The standard InChI is InChI=1S/C9H15N3/c1-2-8-6-11-9(12-7-8)4-3-5-10/h6-7H,2-5,10H2,1H3. The summed E-state index contributed by atoms with van der Waals surface area (Å²) >= 11 is 0. The van der Waals surface area contributed by atoms with Crippen LogP contribution in [-0.4, -0.2) is 16.5 Å². The van der Waals surface area contributed by atoms with Gasteiger partial charge in [0.1, 0.15) is 5.82 Å². The molecule has 12 heavy (non-hydrogen) atoms. The number of hydrogen-bond donors (Lipinski definition) is 1. The third kappa shape index (κ3) is 2.58. The third-order valence-electron chi connectivity index (χ3n) is 1.77. The van der Waals surface area contributed by atoms with Crippen LogP contribution in [0.1, 0.15) is 24.7 Å². The SMILES string of the molecule is CCc1cnc(CCCN)nc1. The zero-order chi connectivity index (χ0) is 8.81. The summed E-state index contributed by atoms with van der Waals surface area (Å²) in [6, 6.07) is 0. The van der Waals surface area contributed by atoms with E-state index in [1.165, 1.54) is 5.56 Å². The maximum absolute atomic E-state index is 5.38. The summed E-state index contributed by atoms with van der Waals surface area (Å²) in [4.78, 5) is 8.44. The Morgan fingerprint density at radius 3 is 2.50 bits per heavy atom. The number of nitrogens with zero attached hydrogens (tertiary/aromatic N) is 2. The molecule has 0 spiro atoms. The fraction of sp³-hybridized carbons (Fsp3) is 0.556. The van der Waals surface area contributed by atoms with Crippen LogP contribution in [0.5, 0.6) is 0 Å². The van der Waals surface area contributed by atoms with Crippen molar-refractivity contribution in [2.24, 2.45) is 5.73 Å². The first-order chi connectivity index (χ1) is 5.86. The molecule has 3 nitrogen and oxygen atoms in total. The minimum absolute atomic E-state index is 0.707. The van der Waals surface area contributed by atoms with Crippen LogP contribution in [0.3, 0.4) is 0 Å². The molecular weight excluding hydrogens is 150 g/mol. The molecule has 0 bridgehead atoms. The van der Waals surface area contributed by atoms with Crippen molar-refractivity contribution in [1.82, 2.24) is 9.97 Å². The zero-order valence-corrected chi connectivity index (χ0v) is 7.45. The molecule has 0 saturated heterocycles. The lowest BCUT2D eigenvalue weighted by atomic mass is 10.2. The van der Waals surface area contributed by atoms with E-state index in [1.54, 1.807) is 0 Å². The molecule has 0 amide bonds. The fourth-order valence-electron chi connectivity index (χ4n) is 0.953. The summed E-state index contributed by atoms with van der Waals surface area (Å²) < 4.78 is 0. The van der Waals surface area contributed by atoms with Crippen LogP contribution in [0.4, 0.5) is 0 Å². The van der Waals surface area contributed by atoms with Crippen molar-refractivity contribution in [2.45, 2.75) is 26.2 Å². The summed E-state index contributed by atoms with van der Waals surface area (Å²) in [5.41, 5.74) is 6.56. The number of aryl methyl sites for hydroxylation is 2. The molecule has 0 aliphatic rings. The summed E-state index contributed by atoms with van der Waals surface area (Å²) in [6.07, 6.45) is 6.63. The van der Waals surface area contributed by atoms with Crippen LogP contribution >= 0.6 is 0 Å². The predicted molar refractivity (Wildman–Crippen MR) is 48.8 cm³/mol. The average Bonchev–Trinajstić information content (AvgIpc) is 2.15. The van der Waals surface area contributed by atoms with E-state index >= 15 is 0 Å². The van der Waals surface area contributed by atoms with E-state index in [0.29, 0.717) is 6.54 Å². The van der Waals surface area contributed by atoms with Gasteiger partial charge in [-0.2, -0.15) is 0 Å². The first-order valence-corrected chi connectivity index (χ1v) is 4.36. The fourth-order valence-corrected chi connectivity index (χ4v) is 0.953.